The molecule has 0 saturated carbocycles. The number of benzene rings is 1. The number of methoxy groups -OCH3 is 1. The average Bonchev–Trinajstić information content (AvgIpc) is 2.47. The Kier molecular flexibility index (Phi) is 4.30. The van der Waals surface area contributed by atoms with Crippen molar-refractivity contribution in [2.24, 2.45) is 5.73 Å². The van der Waals surface area contributed by atoms with Crippen LogP contribution in [-0.4, -0.2) is 23.6 Å². The topological polar surface area (TPSA) is 73.1 Å². The van der Waals surface area contributed by atoms with Gasteiger partial charge < -0.3 is 15.8 Å². The van der Waals surface area contributed by atoms with Crippen LogP contribution in [0.1, 0.15) is 17.2 Å². The van der Waals surface area contributed by atoms with E-state index in [1.807, 2.05) is 37.3 Å². The zero-order valence-corrected chi connectivity index (χ0v) is 11.1. The van der Waals surface area contributed by atoms with Crippen molar-refractivity contribution in [3.63, 3.8) is 0 Å². The van der Waals surface area contributed by atoms with Gasteiger partial charge in [-0.15, -0.1) is 0 Å². The fourth-order valence-corrected chi connectivity index (χ4v) is 1.84. The number of nitrogens with one attached hydrogen (secondary N) is 1. The van der Waals surface area contributed by atoms with Gasteiger partial charge in [0.15, 0.2) is 0 Å². The van der Waals surface area contributed by atoms with Crippen LogP contribution in [0.25, 0.3) is 0 Å². The third kappa shape index (κ3) is 3.20. The van der Waals surface area contributed by atoms with Crippen LogP contribution in [0.3, 0.4) is 0 Å². The zero-order chi connectivity index (χ0) is 13.7. The fourth-order valence-electron chi connectivity index (χ4n) is 1.84. The molecule has 0 aliphatic rings. The molecule has 2 aromatic rings. The Balaban J connectivity index is 2.03. The number of anilines is 1. The number of nitrogens with two attached hydrogens (primary N) is 1. The van der Waals surface area contributed by atoms with Crippen LogP contribution in [0.4, 0.5) is 5.82 Å². The summed E-state index contributed by atoms with van der Waals surface area (Å²) in [7, 11) is 1.59. The van der Waals surface area contributed by atoms with Crippen LogP contribution >= 0.6 is 0 Å². The maximum Gasteiger partial charge on any atom is 0.221 e. The molecule has 0 saturated heterocycles. The molecule has 0 spiro atoms. The molecule has 5 heteroatoms. The zero-order valence-electron chi connectivity index (χ0n) is 11.1. The van der Waals surface area contributed by atoms with Gasteiger partial charge in [-0.05, 0) is 12.5 Å². The lowest BCUT2D eigenvalue weighted by Gasteiger charge is -2.15. The van der Waals surface area contributed by atoms with Gasteiger partial charge >= 0.3 is 0 Å². The van der Waals surface area contributed by atoms with Crippen molar-refractivity contribution in [3.8, 4) is 5.88 Å². The van der Waals surface area contributed by atoms with E-state index < -0.39 is 0 Å². The Labute approximate surface area is 112 Å². The molecule has 0 bridgehead atoms. The van der Waals surface area contributed by atoms with Crippen molar-refractivity contribution < 1.29 is 4.74 Å². The molecule has 100 valence electrons. The highest BCUT2D eigenvalue weighted by Gasteiger charge is 2.09. The predicted molar refractivity (Wildman–Crippen MR) is 75.2 cm³/mol. The number of nitrogens with zero attached hydrogens (tertiary/aromatic N) is 2. The lowest BCUT2D eigenvalue weighted by atomic mass is 10.1. The second kappa shape index (κ2) is 6.15. The summed E-state index contributed by atoms with van der Waals surface area (Å²) in [5.41, 5.74) is 8.10. The lowest BCUT2D eigenvalue weighted by molar-refractivity contribution is 0.393. The van der Waals surface area contributed by atoms with Crippen molar-refractivity contribution in [3.05, 3.63) is 47.8 Å². The van der Waals surface area contributed by atoms with Crippen molar-refractivity contribution in [1.29, 1.82) is 0 Å². The summed E-state index contributed by atoms with van der Waals surface area (Å²) in [5, 5.41) is 3.23. The number of hydrogen-bond donors (Lipinski definition) is 2. The number of hydrogen-bond acceptors (Lipinski definition) is 5. The summed E-state index contributed by atoms with van der Waals surface area (Å²) in [6.45, 7) is 2.51. The van der Waals surface area contributed by atoms with Crippen LogP contribution in [-0.2, 0) is 0 Å². The molecule has 3 N–H and O–H groups in total. The lowest BCUT2D eigenvalue weighted by Crippen LogP contribution is -2.21. The molecule has 2 rings (SSSR count). The van der Waals surface area contributed by atoms with E-state index in [1.165, 1.54) is 6.33 Å². The van der Waals surface area contributed by atoms with Crippen molar-refractivity contribution in [1.82, 2.24) is 9.97 Å². The quantitative estimate of drug-likeness (QED) is 0.857. The van der Waals surface area contributed by atoms with E-state index in [1.54, 1.807) is 7.11 Å². The first-order chi connectivity index (χ1) is 9.22. The van der Waals surface area contributed by atoms with Gasteiger partial charge in [0.2, 0.25) is 5.88 Å². The standard InChI is InChI=1S/C14H18N4O/c1-10-13(17-9-18-14(10)19-2)16-8-12(15)11-6-4-3-5-7-11/h3-7,9,12H,8,15H2,1-2H3,(H,16,17,18). The van der Waals surface area contributed by atoms with E-state index in [4.69, 9.17) is 10.5 Å². The van der Waals surface area contributed by atoms with Crippen molar-refractivity contribution in [2.45, 2.75) is 13.0 Å². The fraction of sp³-hybridized carbons (Fsp3) is 0.286. The molecular weight excluding hydrogens is 240 g/mol. The highest BCUT2D eigenvalue weighted by atomic mass is 16.5. The monoisotopic (exact) mass is 258 g/mol. The first-order valence-corrected chi connectivity index (χ1v) is 6.12. The minimum atomic E-state index is -0.0819. The molecule has 1 heterocycles. The number of aromatic nitrogens is 2. The molecular formula is C14H18N4O. The van der Waals surface area contributed by atoms with Gasteiger partial charge in [-0.2, -0.15) is 0 Å². The van der Waals surface area contributed by atoms with E-state index in [9.17, 15) is 0 Å². The molecule has 0 aliphatic carbocycles. The molecule has 0 amide bonds. The Morgan fingerprint density at radius 2 is 2.00 bits per heavy atom. The molecule has 1 unspecified atom stereocenters. The van der Waals surface area contributed by atoms with Gasteiger partial charge in [0, 0.05) is 12.6 Å². The van der Waals surface area contributed by atoms with Crippen LogP contribution in [0.15, 0.2) is 36.7 Å². The Morgan fingerprint density at radius 1 is 1.26 bits per heavy atom. The maximum absolute atomic E-state index is 6.13. The van der Waals surface area contributed by atoms with Gasteiger partial charge in [0.05, 0.1) is 12.7 Å². The largest absolute Gasteiger partial charge is 0.481 e. The normalized spacial score (nSPS) is 11.9. The maximum atomic E-state index is 6.13. The van der Waals surface area contributed by atoms with Gasteiger partial charge in [0.25, 0.3) is 0 Å². The first kappa shape index (κ1) is 13.3. The molecule has 1 aromatic heterocycles. The second-order valence-corrected chi connectivity index (χ2v) is 4.25. The Morgan fingerprint density at radius 3 is 2.68 bits per heavy atom. The van der Waals surface area contributed by atoms with Gasteiger partial charge in [-0.3, -0.25) is 0 Å². The van der Waals surface area contributed by atoms with Crippen LogP contribution in [0.5, 0.6) is 5.88 Å². The van der Waals surface area contributed by atoms with E-state index in [2.05, 4.69) is 15.3 Å². The highest BCUT2D eigenvalue weighted by molar-refractivity contribution is 5.47. The predicted octanol–water partition coefficient (Wildman–Crippen LogP) is 1.91. The van der Waals surface area contributed by atoms with Gasteiger partial charge in [-0.1, -0.05) is 30.3 Å². The van der Waals surface area contributed by atoms with Gasteiger partial charge in [0.1, 0.15) is 12.1 Å². The van der Waals surface area contributed by atoms with E-state index in [0.717, 1.165) is 16.9 Å². The van der Waals surface area contributed by atoms with Gasteiger partial charge in [-0.25, -0.2) is 9.97 Å². The molecule has 19 heavy (non-hydrogen) atoms. The molecule has 0 aliphatic heterocycles. The highest BCUT2D eigenvalue weighted by Crippen LogP contribution is 2.20. The number of rotatable bonds is 5. The summed E-state index contributed by atoms with van der Waals surface area (Å²) < 4.78 is 5.15. The summed E-state index contributed by atoms with van der Waals surface area (Å²) in [6, 6.07) is 9.88. The van der Waals surface area contributed by atoms with Crippen LogP contribution in [0, 0.1) is 6.92 Å². The molecule has 5 nitrogen and oxygen atoms in total. The van der Waals surface area contributed by atoms with Crippen molar-refractivity contribution >= 4 is 5.82 Å². The van der Waals surface area contributed by atoms with Crippen LogP contribution < -0.4 is 15.8 Å². The third-order valence-electron chi connectivity index (χ3n) is 2.95. The van der Waals surface area contributed by atoms with Crippen LogP contribution in [0.2, 0.25) is 0 Å². The SMILES string of the molecule is COc1ncnc(NCC(N)c2ccccc2)c1C. The molecule has 0 fully saturated rings. The summed E-state index contributed by atoms with van der Waals surface area (Å²) >= 11 is 0. The van der Waals surface area contributed by atoms with Crippen molar-refractivity contribution in [2.75, 3.05) is 19.0 Å². The first-order valence-electron chi connectivity index (χ1n) is 6.12. The van der Waals surface area contributed by atoms with E-state index >= 15 is 0 Å². The summed E-state index contributed by atoms with van der Waals surface area (Å²) in [5.74, 6) is 1.32. The summed E-state index contributed by atoms with van der Waals surface area (Å²) in [6.07, 6.45) is 1.47. The van der Waals surface area contributed by atoms with E-state index in [-0.39, 0.29) is 6.04 Å². The Hall–Kier alpha value is -2.14. The third-order valence-corrected chi connectivity index (χ3v) is 2.95. The average molecular weight is 258 g/mol. The second-order valence-electron chi connectivity index (χ2n) is 4.25. The minimum absolute atomic E-state index is 0.0819. The molecule has 0 radical (unpaired) electrons. The number of ether oxygens (including phenoxy) is 1. The summed E-state index contributed by atoms with van der Waals surface area (Å²) in [4.78, 5) is 8.23. The Bertz CT molecular complexity index is 530. The smallest absolute Gasteiger partial charge is 0.221 e. The molecule has 1 aromatic carbocycles. The molecule has 1 atom stereocenters. The minimum Gasteiger partial charge on any atom is -0.481 e. The van der Waals surface area contributed by atoms with E-state index in [0.29, 0.717) is 12.4 Å².